The summed E-state index contributed by atoms with van der Waals surface area (Å²) < 4.78 is 2.79. The van der Waals surface area contributed by atoms with Crippen molar-refractivity contribution in [2.24, 2.45) is 0 Å². The first-order valence-electron chi connectivity index (χ1n) is 24.0. The Balaban J connectivity index is 1.29. The Hall–Kier alpha value is -5.06. The van der Waals surface area contributed by atoms with Crippen LogP contribution in [0.5, 0.6) is 0 Å². The molecule has 7 aromatic rings. The molecule has 0 atom stereocenters. The van der Waals surface area contributed by atoms with Crippen LogP contribution in [0.4, 0.5) is 34.1 Å². The van der Waals surface area contributed by atoms with Crippen LogP contribution >= 0.6 is 11.3 Å². The number of nitrogens with zero attached hydrogens (tertiary/aromatic N) is 2. The predicted molar refractivity (Wildman–Crippen MR) is 280 cm³/mol. The third-order valence-corrected chi connectivity index (χ3v) is 17.4. The predicted octanol–water partition coefficient (Wildman–Crippen LogP) is 15.3. The van der Waals surface area contributed by atoms with Gasteiger partial charge < -0.3 is 9.80 Å². The van der Waals surface area contributed by atoms with Crippen molar-refractivity contribution in [1.29, 1.82) is 0 Å². The number of thiophene rings is 1. The van der Waals surface area contributed by atoms with Crippen LogP contribution in [0.25, 0.3) is 21.2 Å². The fraction of sp³-hybridized carbons (Fsp3) is 0.367. The summed E-state index contributed by atoms with van der Waals surface area (Å²) in [5.41, 5.74) is 23.5. The Bertz CT molecular complexity index is 3080. The standard InChI is InChI=1S/C60H65BN2S/c1-36-19-26-50-42(31-36)53-55(64-50)61-46-24-23-44-51(60(12,13)30-29-58(44,8)9)54(46)62(40-21-22-43-45(35-40)59(10,11)28-27-57(43,6)7)48-32-37(2)33-49(52(48)61)63(53)47-25-20-39(56(3,4)5)34-41(47)38-17-15-14-16-18-38/h14-26,31-35H,27-30H2,1-13H3. The molecule has 64 heavy (non-hydrogen) atoms. The number of aryl methyl sites for hydroxylation is 2. The Labute approximate surface area is 387 Å². The zero-order valence-electron chi connectivity index (χ0n) is 40.6. The van der Waals surface area contributed by atoms with Crippen molar-refractivity contribution in [3.05, 3.63) is 148 Å². The van der Waals surface area contributed by atoms with E-state index in [4.69, 9.17) is 0 Å². The quantitative estimate of drug-likeness (QED) is 0.163. The van der Waals surface area contributed by atoms with E-state index in [-0.39, 0.29) is 33.8 Å². The van der Waals surface area contributed by atoms with Gasteiger partial charge in [0, 0.05) is 43.2 Å². The Morgan fingerprint density at radius 1 is 0.547 bits per heavy atom. The second-order valence-electron chi connectivity index (χ2n) is 23.7. The highest BCUT2D eigenvalue weighted by Gasteiger charge is 2.50. The van der Waals surface area contributed by atoms with E-state index in [1.165, 1.54) is 129 Å². The third kappa shape index (κ3) is 6.10. The first-order chi connectivity index (χ1) is 30.2. The van der Waals surface area contributed by atoms with Crippen molar-refractivity contribution in [2.75, 3.05) is 9.80 Å². The van der Waals surface area contributed by atoms with Gasteiger partial charge in [0.05, 0.1) is 11.4 Å². The number of hydrogen-bond donors (Lipinski definition) is 0. The molecule has 0 saturated carbocycles. The highest BCUT2D eigenvalue weighted by atomic mass is 32.1. The molecule has 0 fully saturated rings. The van der Waals surface area contributed by atoms with Gasteiger partial charge in [0.15, 0.2) is 0 Å². The second-order valence-corrected chi connectivity index (χ2v) is 24.8. The van der Waals surface area contributed by atoms with E-state index in [0.717, 1.165) is 6.42 Å². The molecule has 2 aliphatic carbocycles. The number of rotatable bonds is 3. The number of anilines is 6. The maximum Gasteiger partial charge on any atom is 0.264 e. The highest BCUT2D eigenvalue weighted by Crippen LogP contribution is 2.56. The zero-order valence-corrected chi connectivity index (χ0v) is 41.4. The third-order valence-electron chi connectivity index (χ3n) is 16.2. The van der Waals surface area contributed by atoms with Gasteiger partial charge in [-0.3, -0.25) is 0 Å². The monoisotopic (exact) mass is 856 g/mol. The minimum Gasteiger partial charge on any atom is -0.311 e. The lowest BCUT2D eigenvalue weighted by Gasteiger charge is -2.49. The normalized spacial score (nSPS) is 18.5. The Kier molecular flexibility index (Phi) is 8.94. The van der Waals surface area contributed by atoms with Crippen LogP contribution in [0.3, 0.4) is 0 Å². The molecule has 0 unspecified atom stereocenters. The molecular weight excluding hydrogens is 792 g/mol. The van der Waals surface area contributed by atoms with Crippen molar-refractivity contribution in [3.63, 3.8) is 0 Å². The lowest BCUT2D eigenvalue weighted by molar-refractivity contribution is 0.331. The van der Waals surface area contributed by atoms with E-state index in [1.807, 2.05) is 11.3 Å². The fourth-order valence-electron chi connectivity index (χ4n) is 12.2. The zero-order chi connectivity index (χ0) is 45.0. The molecule has 0 saturated heterocycles. The van der Waals surface area contributed by atoms with E-state index in [9.17, 15) is 0 Å². The highest BCUT2D eigenvalue weighted by molar-refractivity contribution is 7.33. The first-order valence-corrected chi connectivity index (χ1v) is 24.8. The summed E-state index contributed by atoms with van der Waals surface area (Å²) in [6, 6.07) is 43.3. The maximum absolute atomic E-state index is 2.76. The van der Waals surface area contributed by atoms with Crippen LogP contribution < -0.4 is 25.5 Å². The van der Waals surface area contributed by atoms with Gasteiger partial charge in [-0.15, -0.1) is 11.3 Å². The van der Waals surface area contributed by atoms with E-state index in [1.54, 1.807) is 0 Å². The summed E-state index contributed by atoms with van der Waals surface area (Å²) in [5, 5.41) is 1.34. The van der Waals surface area contributed by atoms with Crippen molar-refractivity contribution >= 4 is 78.0 Å². The minimum atomic E-state index is -0.00569. The summed E-state index contributed by atoms with van der Waals surface area (Å²) in [6.45, 7) is 31.6. The summed E-state index contributed by atoms with van der Waals surface area (Å²) in [5.74, 6) is 0. The van der Waals surface area contributed by atoms with Crippen molar-refractivity contribution in [3.8, 4) is 11.1 Å². The van der Waals surface area contributed by atoms with Crippen molar-refractivity contribution in [1.82, 2.24) is 0 Å². The molecular formula is C60H65BN2S. The minimum absolute atomic E-state index is 0.000742. The first kappa shape index (κ1) is 41.6. The summed E-state index contributed by atoms with van der Waals surface area (Å²) in [7, 11) is 0. The van der Waals surface area contributed by atoms with Gasteiger partial charge in [0.25, 0.3) is 6.71 Å². The molecule has 6 aromatic carbocycles. The van der Waals surface area contributed by atoms with Crippen molar-refractivity contribution < 1.29 is 0 Å². The van der Waals surface area contributed by atoms with Gasteiger partial charge >= 0.3 is 0 Å². The molecule has 11 rings (SSSR count). The second kappa shape index (κ2) is 13.7. The van der Waals surface area contributed by atoms with E-state index in [0.29, 0.717) is 0 Å². The van der Waals surface area contributed by atoms with Crippen LogP contribution in [0.1, 0.15) is 141 Å². The lowest BCUT2D eigenvalue weighted by Crippen LogP contribution is -2.61. The molecule has 3 heterocycles. The van der Waals surface area contributed by atoms with E-state index >= 15 is 0 Å². The average molecular weight is 857 g/mol. The Morgan fingerprint density at radius 3 is 1.89 bits per heavy atom. The van der Waals surface area contributed by atoms with E-state index in [2.05, 4.69) is 209 Å². The van der Waals surface area contributed by atoms with Gasteiger partial charge in [0.1, 0.15) is 0 Å². The van der Waals surface area contributed by atoms with Crippen LogP contribution in [-0.4, -0.2) is 6.71 Å². The van der Waals surface area contributed by atoms with Gasteiger partial charge in [-0.1, -0.05) is 142 Å². The lowest BCUT2D eigenvalue weighted by atomic mass is 9.35. The molecule has 1 aromatic heterocycles. The van der Waals surface area contributed by atoms with Crippen LogP contribution in [0.2, 0.25) is 0 Å². The van der Waals surface area contributed by atoms with Gasteiger partial charge in [-0.05, 0) is 165 Å². The maximum atomic E-state index is 2.76. The molecule has 0 spiro atoms. The molecule has 4 aliphatic rings. The van der Waals surface area contributed by atoms with Gasteiger partial charge in [0.2, 0.25) is 0 Å². The number of hydrogen-bond acceptors (Lipinski definition) is 3. The fourth-order valence-corrected chi connectivity index (χ4v) is 13.5. The summed E-state index contributed by atoms with van der Waals surface area (Å²) in [4.78, 5) is 5.46. The number of fused-ring (bicyclic) bond motifs is 9. The largest absolute Gasteiger partial charge is 0.311 e. The van der Waals surface area contributed by atoms with Crippen molar-refractivity contribution in [2.45, 2.75) is 143 Å². The SMILES string of the molecule is Cc1cc2c3c(c1)N(c1ccc(C(C)(C)C)cc1-c1ccccc1)c1c(sc4ccc(C)cc14)B3c1ccc3c(c1N2c1ccc2c(c1)C(C)(C)CCC2(C)C)C(C)(C)CCC3(C)C. The average Bonchev–Trinajstić information content (AvgIpc) is 3.61. The molecule has 0 N–H and O–H groups in total. The van der Waals surface area contributed by atoms with Crippen LogP contribution in [0, 0.1) is 13.8 Å². The molecule has 0 bridgehead atoms. The number of benzene rings is 6. The molecule has 4 heteroatoms. The molecule has 0 radical (unpaired) electrons. The van der Waals surface area contributed by atoms with E-state index < -0.39 is 0 Å². The topological polar surface area (TPSA) is 6.48 Å². The van der Waals surface area contributed by atoms with Gasteiger partial charge in [-0.25, -0.2) is 0 Å². The Morgan fingerprint density at radius 2 is 1.19 bits per heavy atom. The molecule has 2 nitrogen and oxygen atoms in total. The van der Waals surface area contributed by atoms with Crippen LogP contribution in [-0.2, 0) is 27.1 Å². The smallest absolute Gasteiger partial charge is 0.264 e. The molecule has 0 amide bonds. The summed E-state index contributed by atoms with van der Waals surface area (Å²) >= 11 is 2.01. The summed E-state index contributed by atoms with van der Waals surface area (Å²) in [6.07, 6.45) is 4.74. The molecule has 324 valence electrons. The van der Waals surface area contributed by atoms with Gasteiger partial charge in [-0.2, -0.15) is 0 Å². The molecule has 2 aliphatic heterocycles. The van der Waals surface area contributed by atoms with Crippen LogP contribution in [0.15, 0.2) is 109 Å².